The van der Waals surface area contributed by atoms with E-state index in [1.54, 1.807) is 24.3 Å². The predicted molar refractivity (Wildman–Crippen MR) is 75.1 cm³/mol. The van der Waals surface area contributed by atoms with E-state index in [9.17, 15) is 9.59 Å². The first-order valence-corrected chi connectivity index (χ1v) is 6.68. The number of carbonyl (C=O) groups excluding carboxylic acids is 2. The molecule has 0 spiro atoms. The van der Waals surface area contributed by atoms with Crippen LogP contribution in [0, 0.1) is 0 Å². The van der Waals surface area contributed by atoms with Crippen LogP contribution in [-0.2, 0) is 9.59 Å². The summed E-state index contributed by atoms with van der Waals surface area (Å²) >= 11 is 0. The second-order valence-corrected chi connectivity index (χ2v) is 4.80. The normalized spacial score (nSPS) is 13.6. The van der Waals surface area contributed by atoms with E-state index >= 15 is 0 Å². The summed E-state index contributed by atoms with van der Waals surface area (Å²) in [6, 6.07) is 7.16. The second-order valence-electron chi connectivity index (χ2n) is 4.80. The molecule has 6 heteroatoms. The molecule has 0 heterocycles. The van der Waals surface area contributed by atoms with Crippen molar-refractivity contribution in [2.24, 2.45) is 0 Å². The highest BCUT2D eigenvalue weighted by atomic mass is 16.5. The first kappa shape index (κ1) is 14.2. The third kappa shape index (κ3) is 5.17. The van der Waals surface area contributed by atoms with Crippen molar-refractivity contribution in [2.75, 3.05) is 18.9 Å². The van der Waals surface area contributed by atoms with Gasteiger partial charge in [0.2, 0.25) is 5.91 Å². The van der Waals surface area contributed by atoms with E-state index in [-0.39, 0.29) is 18.4 Å². The lowest BCUT2D eigenvalue weighted by molar-refractivity contribution is -0.123. The largest absolute Gasteiger partial charge is 0.484 e. The van der Waals surface area contributed by atoms with Gasteiger partial charge >= 0.3 is 0 Å². The maximum absolute atomic E-state index is 11.5. The molecule has 1 aromatic rings. The highest BCUT2D eigenvalue weighted by molar-refractivity contribution is 5.80. The van der Waals surface area contributed by atoms with Crippen molar-refractivity contribution in [1.82, 2.24) is 10.6 Å². The van der Waals surface area contributed by atoms with Crippen molar-refractivity contribution in [3.05, 3.63) is 24.3 Å². The fourth-order valence-electron chi connectivity index (χ4n) is 1.61. The van der Waals surface area contributed by atoms with E-state index in [0.717, 1.165) is 12.8 Å². The van der Waals surface area contributed by atoms with Crippen LogP contribution >= 0.6 is 0 Å². The Morgan fingerprint density at radius 2 is 1.90 bits per heavy atom. The SMILES string of the molecule is Nc1ccc(OCC(=O)NCCC(=O)NC2CC2)cc1. The van der Waals surface area contributed by atoms with E-state index in [4.69, 9.17) is 10.5 Å². The van der Waals surface area contributed by atoms with Gasteiger partial charge in [0, 0.05) is 24.7 Å². The molecule has 1 aliphatic rings. The molecule has 0 bridgehead atoms. The summed E-state index contributed by atoms with van der Waals surface area (Å²) in [6.07, 6.45) is 2.42. The Morgan fingerprint density at radius 3 is 2.55 bits per heavy atom. The lowest BCUT2D eigenvalue weighted by Crippen LogP contribution is -2.34. The average Bonchev–Trinajstić information content (AvgIpc) is 3.22. The first-order chi connectivity index (χ1) is 9.63. The van der Waals surface area contributed by atoms with Crippen molar-refractivity contribution in [3.63, 3.8) is 0 Å². The van der Waals surface area contributed by atoms with Gasteiger partial charge in [-0.05, 0) is 37.1 Å². The molecule has 0 unspecified atom stereocenters. The molecule has 1 aliphatic carbocycles. The highest BCUT2D eigenvalue weighted by Gasteiger charge is 2.22. The molecule has 0 saturated heterocycles. The number of rotatable bonds is 7. The highest BCUT2D eigenvalue weighted by Crippen LogP contribution is 2.18. The molecule has 0 aliphatic heterocycles. The number of anilines is 1. The van der Waals surface area contributed by atoms with E-state index in [0.29, 0.717) is 30.4 Å². The topological polar surface area (TPSA) is 93.4 Å². The fourth-order valence-corrected chi connectivity index (χ4v) is 1.61. The molecule has 2 rings (SSSR count). The monoisotopic (exact) mass is 277 g/mol. The van der Waals surface area contributed by atoms with Gasteiger partial charge in [-0.1, -0.05) is 0 Å². The maximum Gasteiger partial charge on any atom is 0.257 e. The average molecular weight is 277 g/mol. The molecule has 6 nitrogen and oxygen atoms in total. The third-order valence-electron chi connectivity index (χ3n) is 2.87. The van der Waals surface area contributed by atoms with Crippen molar-refractivity contribution in [1.29, 1.82) is 0 Å². The Hall–Kier alpha value is -2.24. The summed E-state index contributed by atoms with van der Waals surface area (Å²) in [5.74, 6) is 0.314. The van der Waals surface area contributed by atoms with E-state index < -0.39 is 0 Å². The number of carbonyl (C=O) groups is 2. The van der Waals surface area contributed by atoms with Gasteiger partial charge < -0.3 is 21.1 Å². The van der Waals surface area contributed by atoms with E-state index in [1.807, 2.05) is 0 Å². The summed E-state index contributed by atoms with van der Waals surface area (Å²) in [5, 5.41) is 5.50. The van der Waals surface area contributed by atoms with Crippen LogP contribution in [0.4, 0.5) is 5.69 Å². The van der Waals surface area contributed by atoms with Gasteiger partial charge in [0.05, 0.1) is 0 Å². The molecule has 20 heavy (non-hydrogen) atoms. The minimum Gasteiger partial charge on any atom is -0.484 e. The second kappa shape index (κ2) is 6.79. The number of benzene rings is 1. The molecule has 2 amide bonds. The number of ether oxygens (including phenoxy) is 1. The summed E-state index contributed by atoms with van der Waals surface area (Å²) < 4.78 is 5.29. The maximum atomic E-state index is 11.5. The third-order valence-corrected chi connectivity index (χ3v) is 2.87. The van der Waals surface area contributed by atoms with Crippen LogP contribution < -0.4 is 21.1 Å². The standard InChI is InChI=1S/C14H19N3O3/c15-10-1-5-12(6-2-10)20-9-14(19)16-8-7-13(18)17-11-3-4-11/h1-2,5-6,11H,3-4,7-9,15H2,(H,16,19)(H,17,18). The van der Waals surface area contributed by atoms with Crippen molar-refractivity contribution < 1.29 is 14.3 Å². The summed E-state index contributed by atoms with van der Waals surface area (Å²) in [5.41, 5.74) is 6.18. The van der Waals surface area contributed by atoms with Crippen LogP contribution in [0.2, 0.25) is 0 Å². The molecular weight excluding hydrogens is 258 g/mol. The Kier molecular flexibility index (Phi) is 4.81. The minimum atomic E-state index is -0.249. The lowest BCUT2D eigenvalue weighted by Gasteiger charge is -2.08. The minimum absolute atomic E-state index is 0.0211. The van der Waals surface area contributed by atoms with E-state index in [2.05, 4.69) is 10.6 Å². The lowest BCUT2D eigenvalue weighted by atomic mass is 10.3. The molecule has 1 fully saturated rings. The number of nitrogen functional groups attached to an aromatic ring is 1. The Labute approximate surface area is 117 Å². The molecule has 0 atom stereocenters. The van der Waals surface area contributed by atoms with Crippen LogP contribution in [-0.4, -0.2) is 31.0 Å². The van der Waals surface area contributed by atoms with Gasteiger partial charge in [0.1, 0.15) is 5.75 Å². The van der Waals surface area contributed by atoms with Gasteiger partial charge in [0.25, 0.3) is 5.91 Å². The van der Waals surface area contributed by atoms with E-state index in [1.165, 1.54) is 0 Å². The van der Waals surface area contributed by atoms with Gasteiger partial charge in [-0.15, -0.1) is 0 Å². The van der Waals surface area contributed by atoms with Crippen LogP contribution in [0.3, 0.4) is 0 Å². The fraction of sp³-hybridized carbons (Fsp3) is 0.429. The molecular formula is C14H19N3O3. The van der Waals surface area contributed by atoms with Crippen LogP contribution in [0.1, 0.15) is 19.3 Å². The smallest absolute Gasteiger partial charge is 0.257 e. The first-order valence-electron chi connectivity index (χ1n) is 6.68. The van der Waals surface area contributed by atoms with Crippen LogP contribution in [0.25, 0.3) is 0 Å². The molecule has 108 valence electrons. The quantitative estimate of drug-likeness (QED) is 0.630. The van der Waals surface area contributed by atoms with Gasteiger partial charge in [-0.3, -0.25) is 9.59 Å². The summed E-state index contributed by atoms with van der Waals surface area (Å²) in [4.78, 5) is 22.9. The number of nitrogens with two attached hydrogens (primary N) is 1. The van der Waals surface area contributed by atoms with Crippen molar-refractivity contribution in [2.45, 2.75) is 25.3 Å². The number of nitrogens with one attached hydrogen (secondary N) is 2. The molecule has 4 N–H and O–H groups in total. The van der Waals surface area contributed by atoms with Gasteiger partial charge in [-0.2, -0.15) is 0 Å². The van der Waals surface area contributed by atoms with Gasteiger partial charge in [-0.25, -0.2) is 0 Å². The van der Waals surface area contributed by atoms with Crippen molar-refractivity contribution in [3.8, 4) is 5.75 Å². The van der Waals surface area contributed by atoms with Crippen LogP contribution in [0.15, 0.2) is 24.3 Å². The summed E-state index contributed by atoms with van der Waals surface area (Å²) in [6.45, 7) is 0.247. The van der Waals surface area contributed by atoms with Crippen molar-refractivity contribution >= 4 is 17.5 Å². The number of amides is 2. The van der Waals surface area contributed by atoms with Gasteiger partial charge in [0.15, 0.2) is 6.61 Å². The number of hydrogen-bond acceptors (Lipinski definition) is 4. The molecule has 0 aromatic heterocycles. The Bertz CT molecular complexity index is 469. The molecule has 1 aromatic carbocycles. The number of hydrogen-bond donors (Lipinski definition) is 3. The molecule has 0 radical (unpaired) electrons. The summed E-state index contributed by atoms with van der Waals surface area (Å²) in [7, 11) is 0. The predicted octanol–water partition coefficient (Wildman–Crippen LogP) is 0.433. The zero-order valence-corrected chi connectivity index (χ0v) is 11.2. The zero-order valence-electron chi connectivity index (χ0n) is 11.2. The molecule has 1 saturated carbocycles. The van der Waals surface area contributed by atoms with Crippen LogP contribution in [0.5, 0.6) is 5.75 Å². The zero-order chi connectivity index (χ0) is 14.4. The Morgan fingerprint density at radius 1 is 1.20 bits per heavy atom. The Balaban J connectivity index is 1.57.